The fraction of sp³-hybridized carbons (Fsp3) is 0.647. The monoisotopic (exact) mass is 643 g/mol. The van der Waals surface area contributed by atoms with Crippen molar-refractivity contribution in [1.29, 1.82) is 0 Å². The maximum absolute atomic E-state index is 12.8. The summed E-state index contributed by atoms with van der Waals surface area (Å²) in [6, 6.07) is 14.0. The molecule has 0 bridgehead atoms. The molecule has 1 fully saturated rings. The minimum absolute atomic E-state index is 0.0599. The second kappa shape index (κ2) is 19.7. The summed E-state index contributed by atoms with van der Waals surface area (Å²) in [7, 11) is 0. The SMILES string of the molecule is O=C(OC[C@@H]1CC[N+]2=C(N[C@H](COCCN3CCOCCOCCOCCOCCOCC3)CC2)N1)c1ccc2ccccc2c1. The summed E-state index contributed by atoms with van der Waals surface area (Å²) >= 11 is 0. The molecule has 2 N–H and O–H groups in total. The molecule has 12 nitrogen and oxygen atoms in total. The minimum atomic E-state index is -0.292. The molecule has 0 unspecified atom stereocenters. The van der Waals surface area contributed by atoms with Gasteiger partial charge in [-0.1, -0.05) is 30.3 Å². The number of hydrogen-bond acceptors (Lipinski definition) is 11. The Morgan fingerprint density at radius 1 is 0.739 bits per heavy atom. The number of rotatable bonds is 8. The van der Waals surface area contributed by atoms with E-state index in [2.05, 4.69) is 20.1 Å². The van der Waals surface area contributed by atoms with Gasteiger partial charge < -0.3 is 33.2 Å². The molecular formula is C34H51N4O8+. The van der Waals surface area contributed by atoms with Crippen molar-refractivity contribution < 1.29 is 42.5 Å². The molecule has 0 aromatic heterocycles. The van der Waals surface area contributed by atoms with E-state index in [1.165, 1.54) is 0 Å². The van der Waals surface area contributed by atoms with Crippen molar-refractivity contribution in [2.45, 2.75) is 24.9 Å². The van der Waals surface area contributed by atoms with Gasteiger partial charge in [-0.3, -0.25) is 20.1 Å². The van der Waals surface area contributed by atoms with Crippen molar-refractivity contribution >= 4 is 22.7 Å². The molecule has 5 rings (SSSR count). The number of guanidine groups is 1. The van der Waals surface area contributed by atoms with E-state index in [0.29, 0.717) is 91.5 Å². The maximum atomic E-state index is 12.8. The average molecular weight is 644 g/mol. The van der Waals surface area contributed by atoms with Crippen LogP contribution in [0.25, 0.3) is 10.8 Å². The number of nitrogens with one attached hydrogen (secondary N) is 2. The largest absolute Gasteiger partial charge is 0.458 e. The molecule has 0 spiro atoms. The van der Waals surface area contributed by atoms with Crippen LogP contribution in [-0.4, -0.2) is 152 Å². The number of fused-ring (bicyclic) bond motifs is 1. The topological polar surface area (TPSA) is 112 Å². The highest BCUT2D eigenvalue weighted by molar-refractivity contribution is 5.95. The first kappa shape index (κ1) is 34.5. The molecule has 0 radical (unpaired) electrons. The predicted molar refractivity (Wildman–Crippen MR) is 174 cm³/mol. The van der Waals surface area contributed by atoms with E-state index < -0.39 is 0 Å². The van der Waals surface area contributed by atoms with Crippen molar-refractivity contribution in [1.82, 2.24) is 15.5 Å². The first-order valence-corrected chi connectivity index (χ1v) is 16.7. The third kappa shape index (κ3) is 11.8. The second-order valence-corrected chi connectivity index (χ2v) is 11.7. The number of carbonyl (C=O) groups is 1. The van der Waals surface area contributed by atoms with Gasteiger partial charge in [0.05, 0.1) is 97.9 Å². The molecule has 2 atom stereocenters. The van der Waals surface area contributed by atoms with Crippen molar-refractivity contribution in [2.24, 2.45) is 0 Å². The summed E-state index contributed by atoms with van der Waals surface area (Å²) in [5.74, 6) is 0.708. The summed E-state index contributed by atoms with van der Waals surface area (Å²) in [5.41, 5.74) is 0.576. The fourth-order valence-electron chi connectivity index (χ4n) is 5.66. The Hall–Kier alpha value is -2.84. The zero-order chi connectivity index (χ0) is 31.7. The fourth-order valence-corrected chi connectivity index (χ4v) is 5.66. The van der Waals surface area contributed by atoms with Gasteiger partial charge >= 0.3 is 11.9 Å². The van der Waals surface area contributed by atoms with Gasteiger partial charge in [0.25, 0.3) is 0 Å². The Kier molecular flexibility index (Phi) is 14.8. The summed E-state index contributed by atoms with van der Waals surface area (Å²) in [5, 5.41) is 9.32. The van der Waals surface area contributed by atoms with E-state index in [1.807, 2.05) is 42.5 Å². The van der Waals surface area contributed by atoms with Crippen LogP contribution in [0, 0.1) is 0 Å². The highest BCUT2D eigenvalue weighted by Gasteiger charge is 2.32. The standard InChI is InChI=1S/C34H50N4O8/c39-33(30-6-5-28-3-1-2-4-29(28)25-30)46-27-32-8-10-38-9-7-31(35-34(38)36-32)26-45-16-13-37-11-14-40-17-19-42-21-23-44-24-22-43-20-18-41-15-12-37/h1-6,25,31-32H,7-24,26-27H2,(H,35,36)/p+1/t31-,32-/m0/s1. The highest BCUT2D eigenvalue weighted by Crippen LogP contribution is 2.17. The van der Waals surface area contributed by atoms with E-state index >= 15 is 0 Å². The first-order chi connectivity index (χ1) is 22.7. The van der Waals surface area contributed by atoms with Gasteiger partial charge in [0.1, 0.15) is 18.7 Å². The lowest BCUT2D eigenvalue weighted by atomic mass is 10.1. The number of nitrogens with zero attached hydrogens (tertiary/aromatic N) is 2. The molecule has 3 heterocycles. The minimum Gasteiger partial charge on any atom is -0.458 e. The van der Waals surface area contributed by atoms with Crippen LogP contribution >= 0.6 is 0 Å². The van der Waals surface area contributed by atoms with Gasteiger partial charge in [-0.25, -0.2) is 4.79 Å². The van der Waals surface area contributed by atoms with E-state index in [1.54, 1.807) is 0 Å². The van der Waals surface area contributed by atoms with Crippen LogP contribution in [-0.2, 0) is 33.2 Å². The molecule has 254 valence electrons. The molecule has 1 saturated heterocycles. The summed E-state index contributed by atoms with van der Waals surface area (Å²) in [6.45, 7) is 11.6. The Labute approximate surface area is 272 Å². The van der Waals surface area contributed by atoms with Crippen LogP contribution < -0.4 is 10.6 Å². The van der Waals surface area contributed by atoms with Gasteiger partial charge in [0.2, 0.25) is 0 Å². The van der Waals surface area contributed by atoms with Crippen LogP contribution in [0.5, 0.6) is 0 Å². The molecule has 2 aromatic rings. The lowest BCUT2D eigenvalue weighted by Crippen LogP contribution is -2.61. The van der Waals surface area contributed by atoms with E-state index in [4.69, 9.17) is 33.2 Å². The van der Waals surface area contributed by atoms with Gasteiger partial charge in [-0.05, 0) is 22.9 Å². The lowest BCUT2D eigenvalue weighted by Gasteiger charge is -2.31. The Morgan fingerprint density at radius 2 is 1.30 bits per heavy atom. The smallest absolute Gasteiger partial charge is 0.346 e. The molecule has 0 saturated carbocycles. The van der Waals surface area contributed by atoms with Crippen LogP contribution in [0.15, 0.2) is 42.5 Å². The lowest BCUT2D eigenvalue weighted by molar-refractivity contribution is -0.543. The molecule has 3 aliphatic heterocycles. The second-order valence-electron chi connectivity index (χ2n) is 11.7. The zero-order valence-electron chi connectivity index (χ0n) is 27.0. The number of ether oxygens (including phenoxy) is 7. The van der Waals surface area contributed by atoms with Crippen molar-refractivity contribution in [2.75, 3.05) is 119 Å². The van der Waals surface area contributed by atoms with Crippen molar-refractivity contribution in [3.05, 3.63) is 48.0 Å². The summed E-state index contributed by atoms with van der Waals surface area (Å²) in [6.07, 6.45) is 1.92. The van der Waals surface area contributed by atoms with Crippen molar-refractivity contribution in [3.63, 3.8) is 0 Å². The first-order valence-electron chi connectivity index (χ1n) is 16.7. The van der Waals surface area contributed by atoms with E-state index in [0.717, 1.165) is 62.3 Å². The number of esters is 1. The third-order valence-corrected chi connectivity index (χ3v) is 8.36. The van der Waals surface area contributed by atoms with Crippen LogP contribution in [0.3, 0.4) is 0 Å². The van der Waals surface area contributed by atoms with Gasteiger partial charge in [-0.2, -0.15) is 0 Å². The molecule has 2 aromatic carbocycles. The van der Waals surface area contributed by atoms with Gasteiger partial charge in [-0.15, -0.1) is 0 Å². The average Bonchev–Trinajstić information content (AvgIpc) is 3.09. The predicted octanol–water partition coefficient (Wildman–Crippen LogP) is 1.50. The Balaban J connectivity index is 0.990. The van der Waals surface area contributed by atoms with E-state index in [-0.39, 0.29) is 18.1 Å². The third-order valence-electron chi connectivity index (χ3n) is 8.36. The number of carbonyl (C=O) groups excluding carboxylic acids is 1. The Morgan fingerprint density at radius 3 is 1.93 bits per heavy atom. The van der Waals surface area contributed by atoms with E-state index in [9.17, 15) is 4.79 Å². The van der Waals surface area contributed by atoms with Crippen LogP contribution in [0.1, 0.15) is 23.2 Å². The number of benzene rings is 2. The molecule has 46 heavy (non-hydrogen) atoms. The summed E-state index contributed by atoms with van der Waals surface area (Å²) < 4.78 is 42.3. The number of hydrogen-bond donors (Lipinski definition) is 2. The van der Waals surface area contributed by atoms with Gasteiger partial charge in [0.15, 0.2) is 0 Å². The molecule has 0 amide bonds. The normalized spacial score (nSPS) is 23.4. The maximum Gasteiger partial charge on any atom is 0.346 e. The van der Waals surface area contributed by atoms with Crippen LogP contribution in [0.4, 0.5) is 0 Å². The van der Waals surface area contributed by atoms with Crippen molar-refractivity contribution in [3.8, 4) is 0 Å². The molecule has 0 aliphatic carbocycles. The van der Waals surface area contributed by atoms with Crippen LogP contribution in [0.2, 0.25) is 0 Å². The zero-order valence-corrected chi connectivity index (χ0v) is 27.0. The molecule has 12 heteroatoms. The summed E-state index contributed by atoms with van der Waals surface area (Å²) in [4.78, 5) is 15.1. The Bertz CT molecular complexity index is 1210. The molecular weight excluding hydrogens is 592 g/mol. The quantitative estimate of drug-likeness (QED) is 0.248. The van der Waals surface area contributed by atoms with Gasteiger partial charge in [0, 0.05) is 32.5 Å². The molecule has 3 aliphatic rings. The highest BCUT2D eigenvalue weighted by atomic mass is 16.6.